The molecule has 0 bridgehead atoms. The summed E-state index contributed by atoms with van der Waals surface area (Å²) >= 11 is 0. The number of hydrogen-bond acceptors (Lipinski definition) is 4. The lowest BCUT2D eigenvalue weighted by atomic mass is 9.83. The summed E-state index contributed by atoms with van der Waals surface area (Å²) in [7, 11) is 4.38. The third-order valence-electron chi connectivity index (χ3n) is 4.88. The monoisotopic (exact) mass is 255 g/mol. The number of likely N-dealkylation sites (tertiary alicyclic amines) is 1. The zero-order valence-electron chi connectivity index (χ0n) is 12.2. The van der Waals surface area contributed by atoms with E-state index in [2.05, 4.69) is 30.8 Å². The molecule has 2 heterocycles. The average molecular weight is 255 g/mol. The zero-order chi connectivity index (χ0) is 13.2. The molecule has 0 spiro atoms. The van der Waals surface area contributed by atoms with Crippen molar-refractivity contribution >= 4 is 0 Å². The number of rotatable bonds is 3. The molecule has 2 aliphatic heterocycles. The first-order chi connectivity index (χ1) is 8.57. The lowest BCUT2D eigenvalue weighted by Gasteiger charge is -2.50. The van der Waals surface area contributed by atoms with E-state index in [1.807, 2.05) is 0 Å². The molecule has 2 unspecified atom stereocenters. The zero-order valence-corrected chi connectivity index (χ0v) is 12.2. The maximum Gasteiger partial charge on any atom is 0.0565 e. The molecular weight excluding hydrogens is 226 g/mol. The fraction of sp³-hybridized carbons (Fsp3) is 1.00. The molecule has 2 saturated heterocycles. The largest absolute Gasteiger partial charge is 0.378 e. The fourth-order valence-corrected chi connectivity index (χ4v) is 3.60. The van der Waals surface area contributed by atoms with E-state index in [-0.39, 0.29) is 5.54 Å². The van der Waals surface area contributed by atoms with Gasteiger partial charge in [-0.3, -0.25) is 4.90 Å². The van der Waals surface area contributed by atoms with Crippen LogP contribution >= 0.6 is 0 Å². The third-order valence-corrected chi connectivity index (χ3v) is 4.88. The highest BCUT2D eigenvalue weighted by molar-refractivity contribution is 4.97. The van der Waals surface area contributed by atoms with Gasteiger partial charge in [-0.1, -0.05) is 0 Å². The Labute approximate surface area is 111 Å². The standard InChI is InChI=1S/C14H29N3O/c1-12-10-14(11-15,6-9-18-12)17-7-4-13(5-8-17)16(2)3/h12-13H,4-11,15H2,1-3H3. The molecule has 4 nitrogen and oxygen atoms in total. The van der Waals surface area contributed by atoms with Gasteiger partial charge < -0.3 is 15.4 Å². The molecule has 2 rings (SSSR count). The first kappa shape index (κ1) is 14.3. The van der Waals surface area contributed by atoms with E-state index in [1.165, 1.54) is 25.9 Å². The summed E-state index contributed by atoms with van der Waals surface area (Å²) < 4.78 is 5.69. The van der Waals surface area contributed by atoms with E-state index in [0.29, 0.717) is 6.10 Å². The van der Waals surface area contributed by atoms with Crippen molar-refractivity contribution in [1.29, 1.82) is 0 Å². The van der Waals surface area contributed by atoms with Crippen LogP contribution in [0.4, 0.5) is 0 Å². The van der Waals surface area contributed by atoms with E-state index in [1.54, 1.807) is 0 Å². The molecule has 0 amide bonds. The Morgan fingerprint density at radius 2 is 2.00 bits per heavy atom. The van der Waals surface area contributed by atoms with E-state index in [9.17, 15) is 0 Å². The predicted molar refractivity (Wildman–Crippen MR) is 74.7 cm³/mol. The van der Waals surface area contributed by atoms with Gasteiger partial charge >= 0.3 is 0 Å². The summed E-state index contributed by atoms with van der Waals surface area (Å²) in [5.74, 6) is 0. The maximum atomic E-state index is 6.12. The van der Waals surface area contributed by atoms with Crippen molar-refractivity contribution in [3.63, 3.8) is 0 Å². The van der Waals surface area contributed by atoms with Crippen molar-refractivity contribution in [2.75, 3.05) is 40.3 Å². The molecule has 2 fully saturated rings. The van der Waals surface area contributed by atoms with E-state index >= 15 is 0 Å². The average Bonchev–Trinajstić information content (AvgIpc) is 2.38. The van der Waals surface area contributed by atoms with Crippen LogP contribution in [0.1, 0.15) is 32.6 Å². The van der Waals surface area contributed by atoms with Gasteiger partial charge in [0.2, 0.25) is 0 Å². The third kappa shape index (κ3) is 2.87. The van der Waals surface area contributed by atoms with Crippen LogP contribution in [-0.2, 0) is 4.74 Å². The van der Waals surface area contributed by atoms with Crippen molar-refractivity contribution in [3.05, 3.63) is 0 Å². The molecule has 2 aliphatic rings. The summed E-state index contributed by atoms with van der Waals surface area (Å²) in [6, 6.07) is 0.744. The number of hydrogen-bond donors (Lipinski definition) is 1. The second kappa shape index (κ2) is 5.87. The summed E-state index contributed by atoms with van der Waals surface area (Å²) in [4.78, 5) is 5.01. The highest BCUT2D eigenvalue weighted by Crippen LogP contribution is 2.32. The first-order valence-electron chi connectivity index (χ1n) is 7.30. The van der Waals surface area contributed by atoms with Crippen LogP contribution in [0.3, 0.4) is 0 Å². The van der Waals surface area contributed by atoms with Crippen molar-refractivity contribution in [3.8, 4) is 0 Å². The second-order valence-electron chi connectivity index (χ2n) is 6.25. The highest BCUT2D eigenvalue weighted by Gasteiger charge is 2.41. The summed E-state index contributed by atoms with van der Waals surface area (Å²) in [6.07, 6.45) is 5.08. The van der Waals surface area contributed by atoms with Gasteiger partial charge in [-0.2, -0.15) is 0 Å². The van der Waals surface area contributed by atoms with Gasteiger partial charge in [-0.25, -0.2) is 0 Å². The lowest BCUT2D eigenvalue weighted by molar-refractivity contribution is -0.0732. The molecular formula is C14H29N3O. The van der Waals surface area contributed by atoms with Crippen LogP contribution < -0.4 is 5.73 Å². The fourth-order valence-electron chi connectivity index (χ4n) is 3.60. The SMILES string of the molecule is CC1CC(CN)(N2CCC(N(C)C)CC2)CCO1. The van der Waals surface area contributed by atoms with Gasteiger partial charge in [0.05, 0.1) is 6.10 Å². The van der Waals surface area contributed by atoms with E-state index < -0.39 is 0 Å². The lowest BCUT2D eigenvalue weighted by Crippen LogP contribution is -2.61. The molecule has 18 heavy (non-hydrogen) atoms. The van der Waals surface area contributed by atoms with Crippen molar-refractivity contribution < 1.29 is 4.74 Å². The smallest absolute Gasteiger partial charge is 0.0565 e. The van der Waals surface area contributed by atoms with E-state index in [4.69, 9.17) is 10.5 Å². The van der Waals surface area contributed by atoms with E-state index in [0.717, 1.165) is 32.0 Å². The van der Waals surface area contributed by atoms with Crippen LogP contribution in [0.5, 0.6) is 0 Å². The Hall–Kier alpha value is -0.160. The maximum absolute atomic E-state index is 6.12. The Morgan fingerprint density at radius 3 is 2.50 bits per heavy atom. The topological polar surface area (TPSA) is 41.7 Å². The molecule has 0 aromatic heterocycles. The summed E-state index contributed by atoms with van der Waals surface area (Å²) in [5, 5.41) is 0. The minimum atomic E-state index is 0.203. The van der Waals surface area contributed by atoms with Crippen molar-refractivity contribution in [2.45, 2.75) is 50.3 Å². The molecule has 0 aliphatic carbocycles. The van der Waals surface area contributed by atoms with Gasteiger partial charge in [0, 0.05) is 37.8 Å². The van der Waals surface area contributed by atoms with Gasteiger partial charge in [0.25, 0.3) is 0 Å². The van der Waals surface area contributed by atoms with Crippen LogP contribution in [0.15, 0.2) is 0 Å². The second-order valence-corrected chi connectivity index (χ2v) is 6.25. The molecule has 2 atom stereocenters. The Kier molecular flexibility index (Phi) is 4.64. The Balaban J connectivity index is 1.97. The molecule has 2 N–H and O–H groups in total. The van der Waals surface area contributed by atoms with Crippen molar-refractivity contribution in [1.82, 2.24) is 9.80 Å². The van der Waals surface area contributed by atoms with Gasteiger partial charge in [0.15, 0.2) is 0 Å². The first-order valence-corrected chi connectivity index (χ1v) is 7.30. The quantitative estimate of drug-likeness (QED) is 0.814. The molecule has 106 valence electrons. The number of piperidine rings is 1. The Bertz CT molecular complexity index is 264. The molecule has 0 radical (unpaired) electrons. The summed E-state index contributed by atoms with van der Waals surface area (Å²) in [6.45, 7) is 6.19. The normalized spacial score (nSPS) is 36.2. The molecule has 0 aromatic rings. The summed E-state index contributed by atoms with van der Waals surface area (Å²) in [5.41, 5.74) is 6.32. The molecule has 0 saturated carbocycles. The van der Waals surface area contributed by atoms with Crippen LogP contribution in [-0.4, -0.2) is 67.8 Å². The number of nitrogens with zero attached hydrogens (tertiary/aromatic N) is 2. The molecule has 0 aromatic carbocycles. The number of nitrogens with two attached hydrogens (primary N) is 1. The minimum absolute atomic E-state index is 0.203. The molecule has 4 heteroatoms. The highest BCUT2D eigenvalue weighted by atomic mass is 16.5. The Morgan fingerprint density at radius 1 is 1.33 bits per heavy atom. The van der Waals surface area contributed by atoms with Gasteiger partial charge in [-0.15, -0.1) is 0 Å². The van der Waals surface area contributed by atoms with Gasteiger partial charge in [0.1, 0.15) is 0 Å². The van der Waals surface area contributed by atoms with Crippen LogP contribution in [0, 0.1) is 0 Å². The van der Waals surface area contributed by atoms with Crippen LogP contribution in [0.2, 0.25) is 0 Å². The van der Waals surface area contributed by atoms with Crippen LogP contribution in [0.25, 0.3) is 0 Å². The predicted octanol–water partition coefficient (Wildman–Crippen LogP) is 0.909. The minimum Gasteiger partial charge on any atom is -0.378 e. The van der Waals surface area contributed by atoms with Gasteiger partial charge in [-0.05, 0) is 46.7 Å². The number of ether oxygens (including phenoxy) is 1. The van der Waals surface area contributed by atoms with Crippen molar-refractivity contribution in [2.24, 2.45) is 5.73 Å².